The van der Waals surface area contributed by atoms with Crippen LogP contribution in [0.2, 0.25) is 0 Å². The van der Waals surface area contributed by atoms with Crippen molar-refractivity contribution in [2.75, 3.05) is 0 Å². The zero-order chi connectivity index (χ0) is 19.7. The minimum Gasteiger partial charge on any atom is -0.474 e. The molecular formula is C20H31NO5. The largest absolute Gasteiger partial charge is 0.474 e. The van der Waals surface area contributed by atoms with Crippen molar-refractivity contribution in [3.63, 3.8) is 0 Å². The Hall–Kier alpha value is -2.21. The third kappa shape index (κ3) is 11.4. The quantitative estimate of drug-likeness (QED) is 0.143. The fraction of sp³-hybridized carbons (Fsp3) is 0.550. The number of unbranched alkanes of at least 4 members (excludes halogenated alkanes) is 3. The maximum atomic E-state index is 10.7. The van der Waals surface area contributed by atoms with Crippen LogP contribution in [-0.4, -0.2) is 26.8 Å². The molecule has 0 aliphatic carbocycles. The van der Waals surface area contributed by atoms with Gasteiger partial charge in [0.25, 0.3) is 0 Å². The van der Waals surface area contributed by atoms with Crippen LogP contribution in [0.5, 0.6) is 0 Å². The Morgan fingerprint density at radius 1 is 0.923 bits per heavy atom. The lowest BCUT2D eigenvalue weighted by Gasteiger charge is -2.12. The molecule has 0 fully saturated rings. The number of hydrogen-bond acceptors (Lipinski definition) is 4. The van der Waals surface area contributed by atoms with Crippen LogP contribution >= 0.6 is 0 Å². The van der Waals surface area contributed by atoms with E-state index in [1.165, 1.54) is 19.3 Å². The van der Waals surface area contributed by atoms with Crippen LogP contribution in [0, 0.1) is 10.1 Å². The van der Waals surface area contributed by atoms with Crippen LogP contribution in [0.15, 0.2) is 48.6 Å². The zero-order valence-electron chi connectivity index (χ0n) is 15.5. The number of allylic oxidation sites excluding steroid dienone is 8. The Bertz CT molecular complexity index is 506. The van der Waals surface area contributed by atoms with Crippen molar-refractivity contribution in [2.45, 2.75) is 70.4 Å². The van der Waals surface area contributed by atoms with E-state index < -0.39 is 23.0 Å². The fourth-order valence-corrected chi connectivity index (χ4v) is 2.12. The first-order chi connectivity index (χ1) is 12.4. The number of nitro groups is 1. The van der Waals surface area contributed by atoms with E-state index in [2.05, 4.69) is 31.2 Å². The number of carbonyl (C=O) groups is 1. The van der Waals surface area contributed by atoms with Gasteiger partial charge in [0, 0.05) is 0 Å². The van der Waals surface area contributed by atoms with Crippen molar-refractivity contribution in [1.29, 1.82) is 0 Å². The lowest BCUT2D eigenvalue weighted by atomic mass is 10.1. The van der Waals surface area contributed by atoms with Crippen molar-refractivity contribution in [3.05, 3.63) is 58.7 Å². The normalized spacial score (nSPS) is 14.7. The van der Waals surface area contributed by atoms with Gasteiger partial charge in [0.15, 0.2) is 0 Å². The lowest BCUT2D eigenvalue weighted by Crippen LogP contribution is -2.46. The first-order valence-electron chi connectivity index (χ1n) is 9.15. The number of carboxylic acid groups (broad SMARTS) is 1. The highest BCUT2D eigenvalue weighted by molar-refractivity contribution is 5.74. The Morgan fingerprint density at radius 3 is 1.81 bits per heavy atom. The van der Waals surface area contributed by atoms with E-state index in [9.17, 15) is 20.0 Å². The maximum absolute atomic E-state index is 10.7. The summed E-state index contributed by atoms with van der Waals surface area (Å²) in [6.45, 7) is 2.20. The summed E-state index contributed by atoms with van der Waals surface area (Å²) >= 11 is 0. The summed E-state index contributed by atoms with van der Waals surface area (Å²) in [5.41, 5.74) is -2.91. The van der Waals surface area contributed by atoms with Gasteiger partial charge in [-0.2, -0.15) is 0 Å². The molecule has 0 saturated carbocycles. The van der Waals surface area contributed by atoms with E-state index in [1.807, 2.05) is 12.2 Å². The monoisotopic (exact) mass is 365 g/mol. The van der Waals surface area contributed by atoms with Gasteiger partial charge >= 0.3 is 11.7 Å². The number of aliphatic hydroxyl groups is 1. The number of hydrogen-bond donors (Lipinski definition) is 2. The molecule has 0 aromatic rings. The molecule has 1 unspecified atom stereocenters. The summed E-state index contributed by atoms with van der Waals surface area (Å²) in [4.78, 5) is 20.1. The molecule has 0 aliphatic heterocycles. The third-order valence-corrected chi connectivity index (χ3v) is 3.76. The highest BCUT2D eigenvalue weighted by Crippen LogP contribution is 2.14. The van der Waals surface area contributed by atoms with Gasteiger partial charge in [0.05, 0.1) is 11.3 Å². The molecule has 6 heteroatoms. The Balaban J connectivity index is 3.81. The number of nitrogens with zero attached hydrogens (tertiary/aromatic N) is 1. The van der Waals surface area contributed by atoms with E-state index >= 15 is 0 Å². The molecule has 0 aromatic carbocycles. The van der Waals surface area contributed by atoms with E-state index in [4.69, 9.17) is 5.11 Å². The topological polar surface area (TPSA) is 101 Å². The minimum atomic E-state index is -2.91. The van der Waals surface area contributed by atoms with Crippen LogP contribution in [0.4, 0.5) is 0 Å². The molecule has 0 aliphatic rings. The summed E-state index contributed by atoms with van der Waals surface area (Å²) in [6, 6.07) is 0. The summed E-state index contributed by atoms with van der Waals surface area (Å²) < 4.78 is 0. The standard InChI is InChI=1S/C20H31NO5/c1-2-3-4-5-6-7-8-9-10-11-12-13-14-15-16-17-18-20(24,19(22)23)21(25)26/h6-7,9-10,12-13,15-16,24H,2-5,8,11,14,17-18H2,1H3,(H,22,23). The van der Waals surface area contributed by atoms with Gasteiger partial charge in [-0.25, -0.2) is 4.79 Å². The molecule has 0 bridgehead atoms. The van der Waals surface area contributed by atoms with E-state index in [1.54, 1.807) is 12.2 Å². The van der Waals surface area contributed by atoms with Gasteiger partial charge in [0.2, 0.25) is 0 Å². The molecule has 1 atom stereocenters. The summed E-state index contributed by atoms with van der Waals surface area (Å²) in [5.74, 6) is -1.83. The predicted molar refractivity (Wildman–Crippen MR) is 103 cm³/mol. The Kier molecular flexibility index (Phi) is 13.8. The van der Waals surface area contributed by atoms with E-state index in [-0.39, 0.29) is 6.42 Å². The zero-order valence-corrected chi connectivity index (χ0v) is 15.5. The van der Waals surface area contributed by atoms with Gasteiger partial charge in [0.1, 0.15) is 0 Å². The average molecular weight is 365 g/mol. The second-order valence-electron chi connectivity index (χ2n) is 6.01. The molecule has 0 saturated heterocycles. The van der Waals surface area contributed by atoms with Gasteiger partial charge < -0.3 is 10.2 Å². The molecule has 0 amide bonds. The van der Waals surface area contributed by atoms with Gasteiger partial charge in [-0.15, -0.1) is 0 Å². The van der Waals surface area contributed by atoms with Crippen molar-refractivity contribution in [3.8, 4) is 0 Å². The highest BCUT2D eigenvalue weighted by atomic mass is 16.7. The highest BCUT2D eigenvalue weighted by Gasteiger charge is 2.48. The predicted octanol–water partition coefficient (Wildman–Crippen LogP) is 4.79. The second kappa shape index (κ2) is 15.1. The molecule has 0 spiro atoms. The molecule has 0 aromatic heterocycles. The molecule has 2 N–H and O–H groups in total. The number of aliphatic carboxylic acids is 1. The Labute approximate surface area is 155 Å². The first-order valence-corrected chi connectivity index (χ1v) is 9.15. The van der Waals surface area contributed by atoms with Crippen molar-refractivity contribution in [1.82, 2.24) is 0 Å². The van der Waals surface area contributed by atoms with Crippen LogP contribution in [0.3, 0.4) is 0 Å². The first kappa shape index (κ1) is 23.8. The molecule has 0 heterocycles. The van der Waals surface area contributed by atoms with E-state index in [0.29, 0.717) is 6.42 Å². The number of carboxylic acids is 1. The van der Waals surface area contributed by atoms with Crippen LogP contribution < -0.4 is 0 Å². The molecule has 146 valence electrons. The van der Waals surface area contributed by atoms with Gasteiger partial charge in [-0.1, -0.05) is 68.4 Å². The molecule has 0 radical (unpaired) electrons. The molecular weight excluding hydrogens is 334 g/mol. The minimum absolute atomic E-state index is 0.127. The number of rotatable bonds is 15. The summed E-state index contributed by atoms with van der Waals surface area (Å²) in [7, 11) is 0. The van der Waals surface area contributed by atoms with Crippen LogP contribution in [0.1, 0.15) is 64.7 Å². The van der Waals surface area contributed by atoms with E-state index in [0.717, 1.165) is 19.3 Å². The van der Waals surface area contributed by atoms with Crippen molar-refractivity contribution in [2.24, 2.45) is 0 Å². The van der Waals surface area contributed by atoms with Crippen LogP contribution in [-0.2, 0) is 4.79 Å². The maximum Gasteiger partial charge on any atom is 0.419 e. The smallest absolute Gasteiger partial charge is 0.419 e. The second-order valence-corrected chi connectivity index (χ2v) is 6.01. The van der Waals surface area contributed by atoms with Crippen LogP contribution in [0.25, 0.3) is 0 Å². The lowest BCUT2D eigenvalue weighted by molar-refractivity contribution is -0.608. The SMILES string of the molecule is CCCCCC=CCC=CCC=CCC=CCCC(O)(C(=O)O)[N+](=O)[O-]. The molecule has 6 nitrogen and oxygen atoms in total. The summed E-state index contributed by atoms with van der Waals surface area (Å²) in [5, 5.41) is 28.7. The molecule has 26 heavy (non-hydrogen) atoms. The van der Waals surface area contributed by atoms with Crippen molar-refractivity contribution >= 4 is 5.97 Å². The average Bonchev–Trinajstić information content (AvgIpc) is 2.60. The summed E-state index contributed by atoms with van der Waals surface area (Å²) in [6.07, 6.45) is 23.1. The van der Waals surface area contributed by atoms with Gasteiger partial charge in [-0.05, 0) is 38.5 Å². The third-order valence-electron chi connectivity index (χ3n) is 3.76. The molecule has 0 rings (SSSR count). The fourth-order valence-electron chi connectivity index (χ4n) is 2.12. The van der Waals surface area contributed by atoms with Gasteiger partial charge in [-0.3, -0.25) is 10.1 Å². The Morgan fingerprint density at radius 2 is 1.38 bits per heavy atom. The van der Waals surface area contributed by atoms with Crippen molar-refractivity contribution < 1.29 is 19.9 Å².